The fourth-order valence-corrected chi connectivity index (χ4v) is 2.95. The molecule has 0 unspecified atom stereocenters. The maximum Gasteiger partial charge on any atom is 0.248 e. The van der Waals surface area contributed by atoms with E-state index in [9.17, 15) is 9.18 Å². The fraction of sp³-hybridized carbons (Fsp3) is 0.0588. The fourth-order valence-electron chi connectivity index (χ4n) is 2.03. The van der Waals surface area contributed by atoms with Gasteiger partial charge in [-0.1, -0.05) is 30.3 Å². The number of halogens is 2. The lowest BCUT2D eigenvalue weighted by atomic mass is 10.1. The molecular weight excluding hydrogens is 335 g/mol. The molecule has 0 bridgehead atoms. The van der Waals surface area contributed by atoms with Crippen molar-refractivity contribution in [2.45, 2.75) is 5.38 Å². The van der Waals surface area contributed by atoms with Gasteiger partial charge in [-0.05, 0) is 29.8 Å². The summed E-state index contributed by atoms with van der Waals surface area (Å²) in [5.41, 5.74) is 2.19. The van der Waals surface area contributed by atoms with Crippen LogP contribution in [-0.2, 0) is 4.79 Å². The zero-order valence-corrected chi connectivity index (χ0v) is 13.4. The molecule has 0 aliphatic rings. The number of hydrogen-bond acceptors (Lipinski definition) is 3. The summed E-state index contributed by atoms with van der Waals surface area (Å²) in [6, 6.07) is 15.1. The van der Waals surface area contributed by atoms with Crippen LogP contribution in [0, 0.1) is 5.82 Å². The van der Waals surface area contributed by atoms with E-state index >= 15 is 0 Å². The molecule has 0 fully saturated rings. The van der Waals surface area contributed by atoms with Crippen LogP contribution < -0.4 is 5.32 Å². The Morgan fingerprint density at radius 3 is 2.52 bits per heavy atom. The molecule has 6 heteroatoms. The van der Waals surface area contributed by atoms with E-state index < -0.39 is 5.38 Å². The minimum absolute atomic E-state index is 0.301. The van der Waals surface area contributed by atoms with Crippen LogP contribution in [0.1, 0.15) is 10.9 Å². The molecule has 0 saturated heterocycles. The van der Waals surface area contributed by atoms with Crippen LogP contribution in [0.25, 0.3) is 11.3 Å². The molecular formula is C17H12ClFN2OS. The summed E-state index contributed by atoms with van der Waals surface area (Å²) < 4.78 is 12.9. The minimum atomic E-state index is -0.783. The second-order valence-corrected chi connectivity index (χ2v) is 6.10. The number of carbonyl (C=O) groups is 1. The molecule has 0 saturated carbocycles. The van der Waals surface area contributed by atoms with E-state index in [1.807, 2.05) is 18.2 Å². The molecule has 1 N–H and O–H groups in total. The van der Waals surface area contributed by atoms with Gasteiger partial charge < -0.3 is 5.32 Å². The molecule has 0 aliphatic carbocycles. The molecule has 0 aliphatic heterocycles. The summed E-state index contributed by atoms with van der Waals surface area (Å²) in [6.07, 6.45) is 0. The largest absolute Gasteiger partial charge is 0.300 e. The van der Waals surface area contributed by atoms with E-state index in [2.05, 4.69) is 10.3 Å². The van der Waals surface area contributed by atoms with Crippen LogP contribution in [0.2, 0.25) is 0 Å². The molecule has 1 aromatic heterocycles. The van der Waals surface area contributed by atoms with Crippen molar-refractivity contribution in [3.8, 4) is 11.3 Å². The summed E-state index contributed by atoms with van der Waals surface area (Å²) in [7, 11) is 0. The number of nitrogens with zero attached hydrogens (tertiary/aromatic N) is 1. The van der Waals surface area contributed by atoms with Crippen LogP contribution in [0.4, 0.5) is 9.52 Å². The highest BCUT2D eigenvalue weighted by Crippen LogP contribution is 2.27. The number of carbonyl (C=O) groups excluding carboxylic acids is 1. The topological polar surface area (TPSA) is 42.0 Å². The number of amides is 1. The number of aromatic nitrogens is 1. The standard InChI is InChI=1S/C17H12ClFN2OS/c18-15(12-4-2-1-3-5-12)16(22)21-17-20-14(10-23-17)11-6-8-13(19)9-7-11/h1-10,15H,(H,20,21,22)/t15-/m0/s1. The summed E-state index contributed by atoms with van der Waals surface area (Å²) >= 11 is 7.47. The quantitative estimate of drug-likeness (QED) is 0.685. The summed E-state index contributed by atoms with van der Waals surface area (Å²) in [5.74, 6) is -0.636. The van der Waals surface area contributed by atoms with Gasteiger partial charge in [0.25, 0.3) is 0 Å². The average molecular weight is 347 g/mol. The van der Waals surface area contributed by atoms with Crippen molar-refractivity contribution >= 4 is 34.0 Å². The van der Waals surface area contributed by atoms with Gasteiger partial charge in [0, 0.05) is 10.9 Å². The van der Waals surface area contributed by atoms with Gasteiger partial charge >= 0.3 is 0 Å². The molecule has 0 spiro atoms. The zero-order chi connectivity index (χ0) is 16.2. The van der Waals surface area contributed by atoms with Crippen molar-refractivity contribution in [1.29, 1.82) is 0 Å². The lowest BCUT2D eigenvalue weighted by Crippen LogP contribution is -2.17. The van der Waals surface area contributed by atoms with Crippen LogP contribution in [-0.4, -0.2) is 10.9 Å². The molecule has 116 valence electrons. The summed E-state index contributed by atoms with van der Waals surface area (Å²) in [4.78, 5) is 16.5. The summed E-state index contributed by atoms with van der Waals surface area (Å²) in [6.45, 7) is 0. The van der Waals surface area contributed by atoms with Gasteiger partial charge in [0.15, 0.2) is 5.13 Å². The van der Waals surface area contributed by atoms with E-state index in [1.54, 1.807) is 29.6 Å². The smallest absolute Gasteiger partial charge is 0.248 e. The number of anilines is 1. The average Bonchev–Trinajstić information content (AvgIpc) is 3.04. The Morgan fingerprint density at radius 2 is 1.83 bits per heavy atom. The first-order valence-corrected chi connectivity index (χ1v) is 8.16. The van der Waals surface area contributed by atoms with E-state index in [1.165, 1.54) is 23.5 Å². The van der Waals surface area contributed by atoms with Crippen molar-refractivity contribution in [3.05, 3.63) is 71.4 Å². The Kier molecular flexibility index (Phi) is 4.69. The van der Waals surface area contributed by atoms with E-state index in [4.69, 9.17) is 11.6 Å². The van der Waals surface area contributed by atoms with Crippen molar-refractivity contribution in [3.63, 3.8) is 0 Å². The molecule has 23 heavy (non-hydrogen) atoms. The molecule has 1 amide bonds. The molecule has 3 nitrogen and oxygen atoms in total. The third kappa shape index (κ3) is 3.75. The van der Waals surface area contributed by atoms with Crippen molar-refractivity contribution in [2.24, 2.45) is 0 Å². The van der Waals surface area contributed by atoms with Gasteiger partial charge in [0.2, 0.25) is 5.91 Å². The second kappa shape index (κ2) is 6.89. The molecule has 0 radical (unpaired) electrons. The maximum atomic E-state index is 12.9. The van der Waals surface area contributed by atoms with Crippen molar-refractivity contribution < 1.29 is 9.18 Å². The first-order valence-electron chi connectivity index (χ1n) is 6.85. The van der Waals surface area contributed by atoms with Crippen molar-refractivity contribution in [1.82, 2.24) is 4.98 Å². The van der Waals surface area contributed by atoms with Crippen molar-refractivity contribution in [2.75, 3.05) is 5.32 Å². The lowest BCUT2D eigenvalue weighted by Gasteiger charge is -2.08. The SMILES string of the molecule is O=C(Nc1nc(-c2ccc(F)cc2)cs1)[C@@H](Cl)c1ccccc1. The maximum absolute atomic E-state index is 12.9. The Hall–Kier alpha value is -2.24. The summed E-state index contributed by atoms with van der Waals surface area (Å²) in [5, 5.41) is 4.18. The number of nitrogens with one attached hydrogen (secondary N) is 1. The minimum Gasteiger partial charge on any atom is -0.300 e. The Labute approximate surface area is 141 Å². The Bertz CT molecular complexity index is 805. The highest BCUT2D eigenvalue weighted by atomic mass is 35.5. The number of alkyl halides is 1. The number of benzene rings is 2. The van der Waals surface area contributed by atoms with Gasteiger partial charge in [-0.3, -0.25) is 4.79 Å². The third-order valence-electron chi connectivity index (χ3n) is 3.20. The molecule has 3 aromatic rings. The predicted molar refractivity (Wildman–Crippen MR) is 91.2 cm³/mol. The van der Waals surface area contributed by atoms with E-state index in [0.29, 0.717) is 10.8 Å². The lowest BCUT2D eigenvalue weighted by molar-refractivity contribution is -0.116. The van der Waals surface area contributed by atoms with Crippen LogP contribution in [0.3, 0.4) is 0 Å². The molecule has 3 rings (SSSR count). The monoisotopic (exact) mass is 346 g/mol. The Balaban J connectivity index is 1.71. The number of rotatable bonds is 4. The van der Waals surface area contributed by atoms with Gasteiger partial charge in [0.1, 0.15) is 11.2 Å². The van der Waals surface area contributed by atoms with Gasteiger partial charge in [-0.15, -0.1) is 22.9 Å². The van der Waals surface area contributed by atoms with Crippen LogP contribution >= 0.6 is 22.9 Å². The second-order valence-electron chi connectivity index (χ2n) is 4.81. The number of thiazole rings is 1. The van der Waals surface area contributed by atoms with Crippen LogP contribution in [0.5, 0.6) is 0 Å². The predicted octanol–water partition coefficient (Wildman–Crippen LogP) is 4.87. The molecule has 2 aromatic carbocycles. The normalized spacial score (nSPS) is 11.9. The zero-order valence-electron chi connectivity index (χ0n) is 11.9. The highest BCUT2D eigenvalue weighted by Gasteiger charge is 2.18. The Morgan fingerprint density at radius 1 is 1.13 bits per heavy atom. The first-order chi connectivity index (χ1) is 11.1. The van der Waals surface area contributed by atoms with E-state index in [-0.39, 0.29) is 11.7 Å². The molecule has 1 heterocycles. The number of hydrogen-bond donors (Lipinski definition) is 1. The highest BCUT2D eigenvalue weighted by molar-refractivity contribution is 7.14. The third-order valence-corrected chi connectivity index (χ3v) is 4.40. The van der Waals surface area contributed by atoms with Gasteiger partial charge in [-0.2, -0.15) is 0 Å². The van der Waals surface area contributed by atoms with Gasteiger partial charge in [0.05, 0.1) is 5.69 Å². The molecule has 1 atom stereocenters. The van der Waals surface area contributed by atoms with E-state index in [0.717, 1.165) is 11.1 Å². The van der Waals surface area contributed by atoms with Crippen LogP contribution in [0.15, 0.2) is 60.0 Å². The van der Waals surface area contributed by atoms with Gasteiger partial charge in [-0.25, -0.2) is 9.37 Å². The first kappa shape index (κ1) is 15.6.